The minimum Gasteiger partial charge on any atom is -0.337 e. The molecule has 0 spiro atoms. The van der Waals surface area contributed by atoms with Crippen LogP contribution in [0.1, 0.15) is 23.9 Å². The number of carbonyl (C=O) groups is 1. The zero-order chi connectivity index (χ0) is 17.3. The van der Waals surface area contributed by atoms with Gasteiger partial charge in [0, 0.05) is 42.0 Å². The Morgan fingerprint density at radius 1 is 1.33 bits per heavy atom. The molecule has 2 heterocycles. The number of benzene rings is 1. The molecule has 1 amide bonds. The molecule has 0 saturated carbocycles. The van der Waals surface area contributed by atoms with Crippen LogP contribution in [0.2, 0.25) is 5.02 Å². The van der Waals surface area contributed by atoms with Crippen LogP contribution >= 0.6 is 11.6 Å². The van der Waals surface area contributed by atoms with Gasteiger partial charge in [-0.1, -0.05) is 11.6 Å². The molecule has 1 N–H and O–H groups in total. The lowest BCUT2D eigenvalue weighted by atomic mass is 10.1. The third-order valence-electron chi connectivity index (χ3n) is 4.66. The molecular formula is C18H23ClN4O. The van der Waals surface area contributed by atoms with E-state index in [0.29, 0.717) is 11.4 Å². The van der Waals surface area contributed by atoms with Gasteiger partial charge in [-0.3, -0.25) is 4.79 Å². The van der Waals surface area contributed by atoms with Crippen LogP contribution in [0.5, 0.6) is 0 Å². The maximum Gasteiger partial charge on any atom is 0.227 e. The van der Waals surface area contributed by atoms with E-state index in [9.17, 15) is 4.79 Å². The van der Waals surface area contributed by atoms with E-state index in [-0.39, 0.29) is 11.9 Å². The molecule has 6 heteroatoms. The van der Waals surface area contributed by atoms with Gasteiger partial charge < -0.3 is 10.2 Å². The van der Waals surface area contributed by atoms with Crippen LogP contribution in [0, 0.1) is 13.8 Å². The number of piperazine rings is 1. The molecule has 3 rings (SSSR count). The van der Waals surface area contributed by atoms with E-state index in [1.54, 1.807) is 0 Å². The number of nitrogens with one attached hydrogen (secondary N) is 1. The van der Waals surface area contributed by atoms with Crippen molar-refractivity contribution in [1.29, 1.82) is 0 Å². The van der Waals surface area contributed by atoms with Crippen molar-refractivity contribution in [2.75, 3.05) is 19.6 Å². The minimum atomic E-state index is 0.172. The second kappa shape index (κ2) is 6.95. The zero-order valence-corrected chi connectivity index (χ0v) is 15.1. The van der Waals surface area contributed by atoms with Crippen LogP contribution < -0.4 is 5.32 Å². The number of aromatic nitrogens is 2. The summed E-state index contributed by atoms with van der Waals surface area (Å²) in [6.07, 6.45) is 0.398. The molecule has 0 aliphatic carbocycles. The molecule has 0 unspecified atom stereocenters. The van der Waals surface area contributed by atoms with Crippen molar-refractivity contribution in [3.63, 3.8) is 0 Å². The van der Waals surface area contributed by atoms with Crippen molar-refractivity contribution in [3.05, 3.63) is 46.2 Å². The van der Waals surface area contributed by atoms with Gasteiger partial charge in [-0.2, -0.15) is 5.10 Å². The molecule has 24 heavy (non-hydrogen) atoms. The Kier molecular flexibility index (Phi) is 4.92. The predicted molar refractivity (Wildman–Crippen MR) is 95.8 cm³/mol. The summed E-state index contributed by atoms with van der Waals surface area (Å²) in [7, 11) is 0. The first-order chi connectivity index (χ1) is 11.5. The summed E-state index contributed by atoms with van der Waals surface area (Å²) >= 11 is 5.96. The molecule has 1 saturated heterocycles. The molecule has 1 aromatic carbocycles. The summed E-state index contributed by atoms with van der Waals surface area (Å²) in [6, 6.07) is 7.80. The number of aryl methyl sites for hydroxylation is 1. The summed E-state index contributed by atoms with van der Waals surface area (Å²) in [5, 5.41) is 8.63. The number of amides is 1. The molecule has 1 aromatic heterocycles. The molecule has 1 fully saturated rings. The Hall–Kier alpha value is -1.85. The van der Waals surface area contributed by atoms with Crippen molar-refractivity contribution in [2.45, 2.75) is 33.2 Å². The Morgan fingerprint density at radius 3 is 2.71 bits per heavy atom. The van der Waals surface area contributed by atoms with Gasteiger partial charge in [-0.15, -0.1) is 0 Å². The molecule has 5 nitrogen and oxygen atoms in total. The number of halogens is 1. The summed E-state index contributed by atoms with van der Waals surface area (Å²) < 4.78 is 1.88. The van der Waals surface area contributed by atoms with E-state index in [4.69, 9.17) is 11.6 Å². The Bertz CT molecular complexity index is 738. The first kappa shape index (κ1) is 17.0. The smallest absolute Gasteiger partial charge is 0.227 e. The molecule has 1 aliphatic rings. The Balaban J connectivity index is 1.84. The fourth-order valence-corrected chi connectivity index (χ4v) is 3.35. The van der Waals surface area contributed by atoms with Gasteiger partial charge in [-0.25, -0.2) is 4.68 Å². The average molecular weight is 347 g/mol. The van der Waals surface area contributed by atoms with Gasteiger partial charge in [0.15, 0.2) is 0 Å². The second-order valence-corrected chi connectivity index (χ2v) is 6.79. The highest BCUT2D eigenvalue weighted by Gasteiger charge is 2.25. The number of rotatable bonds is 3. The van der Waals surface area contributed by atoms with Crippen LogP contribution in [0.25, 0.3) is 5.69 Å². The standard InChI is InChI=1S/C18H23ClN4O/c1-12-11-20-8-9-22(12)18(24)10-17-13(2)21-23(14(17)3)16-6-4-15(19)5-7-16/h4-7,12,20H,8-11H2,1-3H3/t12-/m1/s1. The van der Waals surface area contributed by atoms with Crippen molar-refractivity contribution in [2.24, 2.45) is 0 Å². The SMILES string of the molecule is Cc1nn(-c2ccc(Cl)cc2)c(C)c1CC(=O)N1CCNC[C@H]1C. The van der Waals surface area contributed by atoms with Crippen LogP contribution in [-0.2, 0) is 11.2 Å². The quantitative estimate of drug-likeness (QED) is 0.929. The van der Waals surface area contributed by atoms with E-state index in [2.05, 4.69) is 17.3 Å². The van der Waals surface area contributed by atoms with Crippen molar-refractivity contribution >= 4 is 17.5 Å². The summed E-state index contributed by atoms with van der Waals surface area (Å²) in [5.74, 6) is 0.172. The second-order valence-electron chi connectivity index (χ2n) is 6.35. The maximum absolute atomic E-state index is 12.7. The van der Waals surface area contributed by atoms with Crippen molar-refractivity contribution in [1.82, 2.24) is 20.0 Å². The fourth-order valence-electron chi connectivity index (χ4n) is 3.23. The lowest BCUT2D eigenvalue weighted by molar-refractivity contribution is -0.133. The van der Waals surface area contributed by atoms with Crippen LogP contribution in [-0.4, -0.2) is 46.3 Å². The van der Waals surface area contributed by atoms with E-state index in [1.165, 1.54) is 0 Å². The number of hydrogen-bond acceptors (Lipinski definition) is 3. The monoisotopic (exact) mass is 346 g/mol. The molecular weight excluding hydrogens is 324 g/mol. The van der Waals surface area contributed by atoms with E-state index < -0.39 is 0 Å². The number of carbonyl (C=O) groups excluding carboxylic acids is 1. The van der Waals surface area contributed by atoms with Crippen LogP contribution in [0.4, 0.5) is 0 Å². The normalized spacial score (nSPS) is 18.0. The lowest BCUT2D eigenvalue weighted by Crippen LogP contribution is -2.52. The Morgan fingerprint density at radius 2 is 2.04 bits per heavy atom. The van der Waals surface area contributed by atoms with E-state index in [0.717, 1.165) is 42.3 Å². The molecule has 0 bridgehead atoms. The molecule has 0 radical (unpaired) electrons. The van der Waals surface area contributed by atoms with E-state index >= 15 is 0 Å². The first-order valence-corrected chi connectivity index (χ1v) is 8.66. The van der Waals surface area contributed by atoms with Gasteiger partial charge in [0.2, 0.25) is 5.91 Å². The number of nitrogens with zero attached hydrogens (tertiary/aromatic N) is 3. The lowest BCUT2D eigenvalue weighted by Gasteiger charge is -2.34. The third-order valence-corrected chi connectivity index (χ3v) is 4.91. The molecule has 2 aromatic rings. The average Bonchev–Trinajstić information content (AvgIpc) is 2.84. The van der Waals surface area contributed by atoms with E-state index in [1.807, 2.05) is 47.7 Å². The fraction of sp³-hybridized carbons (Fsp3) is 0.444. The van der Waals surface area contributed by atoms with Crippen LogP contribution in [0.3, 0.4) is 0 Å². The van der Waals surface area contributed by atoms with Crippen molar-refractivity contribution in [3.8, 4) is 5.69 Å². The molecule has 1 aliphatic heterocycles. The van der Waals surface area contributed by atoms with Crippen molar-refractivity contribution < 1.29 is 4.79 Å². The minimum absolute atomic E-state index is 0.172. The first-order valence-electron chi connectivity index (χ1n) is 8.28. The third kappa shape index (κ3) is 3.32. The topological polar surface area (TPSA) is 50.2 Å². The van der Waals surface area contributed by atoms with Gasteiger partial charge in [-0.05, 0) is 45.0 Å². The van der Waals surface area contributed by atoms with Gasteiger partial charge in [0.1, 0.15) is 0 Å². The van der Waals surface area contributed by atoms with Gasteiger partial charge >= 0.3 is 0 Å². The van der Waals surface area contributed by atoms with Crippen LogP contribution in [0.15, 0.2) is 24.3 Å². The summed E-state index contributed by atoms with van der Waals surface area (Å²) in [5.41, 5.74) is 3.87. The van der Waals surface area contributed by atoms with Gasteiger partial charge in [0.25, 0.3) is 0 Å². The maximum atomic E-state index is 12.7. The zero-order valence-electron chi connectivity index (χ0n) is 14.3. The molecule has 1 atom stereocenters. The summed E-state index contributed by atoms with van der Waals surface area (Å²) in [4.78, 5) is 14.7. The highest BCUT2D eigenvalue weighted by atomic mass is 35.5. The highest BCUT2D eigenvalue weighted by molar-refractivity contribution is 6.30. The predicted octanol–water partition coefficient (Wildman–Crippen LogP) is 2.51. The molecule has 128 valence electrons. The van der Waals surface area contributed by atoms with Gasteiger partial charge in [0.05, 0.1) is 17.8 Å². The largest absolute Gasteiger partial charge is 0.337 e. The summed E-state index contributed by atoms with van der Waals surface area (Å²) in [6.45, 7) is 8.54. The number of hydrogen-bond donors (Lipinski definition) is 1. The highest BCUT2D eigenvalue weighted by Crippen LogP contribution is 2.21. The Labute approximate surface area is 147 Å².